The molecule has 1 aliphatic carbocycles. The van der Waals surface area contributed by atoms with Crippen LogP contribution in [0.15, 0.2) is 18.9 Å². The number of nitrogens with zero attached hydrogens (tertiary/aromatic N) is 3. The summed E-state index contributed by atoms with van der Waals surface area (Å²) in [4.78, 5) is 24.8. The maximum atomic E-state index is 12.0. The fourth-order valence-corrected chi connectivity index (χ4v) is 2.28. The lowest BCUT2D eigenvalue weighted by Gasteiger charge is -2.15. The van der Waals surface area contributed by atoms with Gasteiger partial charge in [0.2, 0.25) is 11.8 Å². The van der Waals surface area contributed by atoms with Gasteiger partial charge in [0.25, 0.3) is 0 Å². The van der Waals surface area contributed by atoms with Crippen molar-refractivity contribution in [3.8, 4) is 0 Å². The van der Waals surface area contributed by atoms with Gasteiger partial charge in [-0.25, -0.2) is 0 Å². The highest BCUT2D eigenvalue weighted by molar-refractivity contribution is 5.96. The van der Waals surface area contributed by atoms with Crippen LogP contribution in [0.25, 0.3) is 0 Å². The SMILES string of the molecule is C=CC(=O)N(C)CC(=O)Nc1cnn(C(C)C)c1C1CC1. The lowest BCUT2D eigenvalue weighted by molar-refractivity contribution is -0.129. The van der Waals surface area contributed by atoms with Gasteiger partial charge in [0.1, 0.15) is 0 Å². The highest BCUT2D eigenvalue weighted by Crippen LogP contribution is 2.44. The molecule has 0 bridgehead atoms. The van der Waals surface area contributed by atoms with Crippen LogP contribution in [-0.4, -0.2) is 40.1 Å². The van der Waals surface area contributed by atoms with E-state index in [-0.39, 0.29) is 24.4 Å². The molecule has 6 heteroatoms. The third-order valence-electron chi connectivity index (χ3n) is 3.49. The van der Waals surface area contributed by atoms with E-state index >= 15 is 0 Å². The Morgan fingerprint density at radius 2 is 2.24 bits per heavy atom. The number of amides is 2. The van der Waals surface area contributed by atoms with Crippen molar-refractivity contribution in [3.63, 3.8) is 0 Å². The van der Waals surface area contributed by atoms with Gasteiger partial charge in [0.05, 0.1) is 24.1 Å². The van der Waals surface area contributed by atoms with E-state index in [1.807, 2.05) is 4.68 Å². The van der Waals surface area contributed by atoms with Crippen molar-refractivity contribution >= 4 is 17.5 Å². The third-order valence-corrected chi connectivity index (χ3v) is 3.49. The maximum absolute atomic E-state index is 12.0. The van der Waals surface area contributed by atoms with Crippen molar-refractivity contribution in [2.75, 3.05) is 18.9 Å². The van der Waals surface area contributed by atoms with Gasteiger partial charge in [-0.2, -0.15) is 5.10 Å². The number of hydrogen-bond acceptors (Lipinski definition) is 3. The molecule has 0 aromatic carbocycles. The lowest BCUT2D eigenvalue weighted by atomic mass is 10.2. The number of anilines is 1. The molecule has 0 saturated heterocycles. The van der Waals surface area contributed by atoms with Gasteiger partial charge in [-0.3, -0.25) is 14.3 Å². The molecule has 0 atom stereocenters. The van der Waals surface area contributed by atoms with Gasteiger partial charge in [-0.1, -0.05) is 6.58 Å². The van der Waals surface area contributed by atoms with E-state index in [0.717, 1.165) is 24.2 Å². The van der Waals surface area contributed by atoms with Gasteiger partial charge in [0, 0.05) is 19.0 Å². The number of nitrogens with one attached hydrogen (secondary N) is 1. The van der Waals surface area contributed by atoms with Gasteiger partial charge in [-0.15, -0.1) is 0 Å². The number of aromatic nitrogens is 2. The maximum Gasteiger partial charge on any atom is 0.246 e. The average molecular weight is 290 g/mol. The first-order valence-electron chi connectivity index (χ1n) is 7.18. The predicted molar refractivity (Wildman–Crippen MR) is 81.1 cm³/mol. The Kier molecular flexibility index (Phi) is 4.45. The molecule has 0 unspecified atom stereocenters. The fourth-order valence-electron chi connectivity index (χ4n) is 2.28. The second kappa shape index (κ2) is 6.11. The molecular formula is C15H22N4O2. The Morgan fingerprint density at radius 3 is 2.76 bits per heavy atom. The van der Waals surface area contributed by atoms with E-state index in [2.05, 4.69) is 30.8 Å². The van der Waals surface area contributed by atoms with Gasteiger partial charge in [0.15, 0.2) is 0 Å². The average Bonchev–Trinajstić information content (AvgIpc) is 3.18. The number of hydrogen-bond donors (Lipinski definition) is 1. The summed E-state index contributed by atoms with van der Waals surface area (Å²) in [5.41, 5.74) is 1.85. The van der Waals surface area contributed by atoms with Crippen LogP contribution in [0, 0.1) is 0 Å². The first-order chi connectivity index (χ1) is 9.93. The van der Waals surface area contributed by atoms with E-state index in [9.17, 15) is 9.59 Å². The molecule has 114 valence electrons. The molecule has 1 fully saturated rings. The molecule has 2 amide bonds. The molecule has 1 heterocycles. The van der Waals surface area contributed by atoms with Crippen LogP contribution in [0.2, 0.25) is 0 Å². The minimum atomic E-state index is -0.273. The monoisotopic (exact) mass is 290 g/mol. The third kappa shape index (κ3) is 3.51. The molecule has 1 aromatic rings. The Bertz CT molecular complexity index is 558. The van der Waals surface area contributed by atoms with Crippen molar-refractivity contribution in [3.05, 3.63) is 24.5 Å². The molecule has 0 spiro atoms. The van der Waals surface area contributed by atoms with E-state index < -0.39 is 0 Å². The quantitative estimate of drug-likeness (QED) is 0.814. The standard InChI is InChI=1S/C15H22N4O2/c1-5-14(21)18(4)9-13(20)17-12-8-16-19(10(2)3)15(12)11-6-7-11/h5,8,10-11H,1,6-7,9H2,2-4H3,(H,17,20). The second-order valence-corrected chi connectivity index (χ2v) is 5.70. The van der Waals surface area contributed by atoms with Crippen LogP contribution in [0.3, 0.4) is 0 Å². The summed E-state index contributed by atoms with van der Waals surface area (Å²) in [5.74, 6) is -0.0129. The second-order valence-electron chi connectivity index (χ2n) is 5.70. The van der Waals surface area contributed by atoms with Gasteiger partial charge >= 0.3 is 0 Å². The smallest absolute Gasteiger partial charge is 0.246 e. The Labute approximate surface area is 124 Å². The molecule has 2 rings (SSSR count). The fraction of sp³-hybridized carbons (Fsp3) is 0.533. The van der Waals surface area contributed by atoms with Crippen molar-refractivity contribution < 1.29 is 9.59 Å². The van der Waals surface area contributed by atoms with Crippen LogP contribution < -0.4 is 5.32 Å². The summed E-state index contributed by atoms with van der Waals surface area (Å²) in [6, 6.07) is 0.260. The largest absolute Gasteiger partial charge is 0.333 e. The molecule has 0 radical (unpaired) electrons. The number of carbonyl (C=O) groups excluding carboxylic acids is 2. The highest BCUT2D eigenvalue weighted by atomic mass is 16.2. The molecule has 0 aliphatic heterocycles. The minimum Gasteiger partial charge on any atom is -0.333 e. The van der Waals surface area contributed by atoms with Crippen LogP contribution in [-0.2, 0) is 9.59 Å². The van der Waals surface area contributed by atoms with Gasteiger partial charge in [-0.05, 0) is 32.8 Å². The number of rotatable bonds is 6. The number of likely N-dealkylation sites (N-methyl/N-ethyl adjacent to an activating group) is 1. The zero-order valence-corrected chi connectivity index (χ0v) is 12.8. The molecule has 1 aromatic heterocycles. The van der Waals surface area contributed by atoms with Crippen molar-refractivity contribution in [1.29, 1.82) is 0 Å². The normalized spacial score (nSPS) is 14.1. The summed E-state index contributed by atoms with van der Waals surface area (Å²) in [5, 5.41) is 7.23. The van der Waals surface area contributed by atoms with Gasteiger partial charge < -0.3 is 10.2 Å². The summed E-state index contributed by atoms with van der Waals surface area (Å²) in [7, 11) is 1.57. The lowest BCUT2D eigenvalue weighted by Crippen LogP contribution is -2.33. The molecule has 1 saturated carbocycles. The molecule has 21 heavy (non-hydrogen) atoms. The van der Waals surface area contributed by atoms with Crippen molar-refractivity contribution in [2.24, 2.45) is 0 Å². The zero-order chi connectivity index (χ0) is 15.6. The first kappa shape index (κ1) is 15.3. The van der Waals surface area contributed by atoms with Crippen LogP contribution in [0.5, 0.6) is 0 Å². The van der Waals surface area contributed by atoms with Crippen LogP contribution in [0.4, 0.5) is 5.69 Å². The summed E-state index contributed by atoms with van der Waals surface area (Å²) in [6.45, 7) is 7.55. The summed E-state index contributed by atoms with van der Waals surface area (Å²) >= 11 is 0. The predicted octanol–water partition coefficient (Wildman–Crippen LogP) is 1.92. The van der Waals surface area contributed by atoms with E-state index in [1.165, 1.54) is 11.0 Å². The molecule has 1 N–H and O–H groups in total. The zero-order valence-electron chi connectivity index (χ0n) is 12.8. The summed E-state index contributed by atoms with van der Waals surface area (Å²) < 4.78 is 1.96. The number of carbonyl (C=O) groups is 2. The summed E-state index contributed by atoms with van der Waals surface area (Å²) in [6.07, 6.45) is 5.16. The van der Waals surface area contributed by atoms with E-state index in [0.29, 0.717) is 5.92 Å². The van der Waals surface area contributed by atoms with Crippen molar-refractivity contribution in [1.82, 2.24) is 14.7 Å². The van der Waals surface area contributed by atoms with E-state index in [1.54, 1.807) is 13.2 Å². The minimum absolute atomic E-state index is 0.00180. The Balaban J connectivity index is 2.07. The molecule has 6 nitrogen and oxygen atoms in total. The Hall–Kier alpha value is -2.11. The topological polar surface area (TPSA) is 67.2 Å². The highest BCUT2D eigenvalue weighted by Gasteiger charge is 2.31. The van der Waals surface area contributed by atoms with Crippen LogP contribution in [0.1, 0.15) is 44.3 Å². The van der Waals surface area contributed by atoms with Crippen LogP contribution >= 0.6 is 0 Å². The van der Waals surface area contributed by atoms with Crippen molar-refractivity contribution in [2.45, 2.75) is 38.6 Å². The Morgan fingerprint density at radius 1 is 1.57 bits per heavy atom. The van der Waals surface area contributed by atoms with E-state index in [4.69, 9.17) is 0 Å². The first-order valence-corrected chi connectivity index (χ1v) is 7.18. The molecule has 1 aliphatic rings. The molecular weight excluding hydrogens is 268 g/mol.